The van der Waals surface area contributed by atoms with Crippen LogP contribution in [0.3, 0.4) is 0 Å². The molecule has 0 saturated carbocycles. The number of carbonyl (C=O) groups is 1. The van der Waals surface area contributed by atoms with Crippen LogP contribution in [0.4, 0.5) is 0 Å². The second-order valence-corrected chi connectivity index (χ2v) is 6.86. The van der Waals surface area contributed by atoms with E-state index in [2.05, 4.69) is 22.0 Å². The predicted octanol–water partition coefficient (Wildman–Crippen LogP) is 1.06. The molecule has 3 saturated heterocycles. The molecular formula is C18H25N3O3. The molecule has 6 nitrogen and oxygen atoms in total. The van der Waals surface area contributed by atoms with Crippen molar-refractivity contribution in [3.8, 4) is 0 Å². The Morgan fingerprint density at radius 3 is 2.71 bits per heavy atom. The summed E-state index contributed by atoms with van der Waals surface area (Å²) in [4.78, 5) is 21.1. The molecule has 4 rings (SSSR count). The minimum atomic E-state index is -0.259. The Kier molecular flexibility index (Phi) is 4.78. The van der Waals surface area contributed by atoms with Gasteiger partial charge in [0, 0.05) is 44.6 Å². The van der Waals surface area contributed by atoms with Gasteiger partial charge >= 0.3 is 0 Å². The van der Waals surface area contributed by atoms with Crippen molar-refractivity contribution in [2.24, 2.45) is 0 Å². The molecule has 1 aromatic rings. The van der Waals surface area contributed by atoms with Crippen molar-refractivity contribution in [1.29, 1.82) is 0 Å². The lowest BCUT2D eigenvalue weighted by atomic mass is 9.98. The van der Waals surface area contributed by atoms with E-state index in [1.165, 1.54) is 5.56 Å². The zero-order valence-corrected chi connectivity index (χ0v) is 14.0. The fraction of sp³-hybridized carbons (Fsp3) is 0.667. The molecule has 0 unspecified atom stereocenters. The van der Waals surface area contributed by atoms with Crippen LogP contribution in [0.25, 0.3) is 0 Å². The van der Waals surface area contributed by atoms with Crippen LogP contribution in [-0.4, -0.2) is 71.8 Å². The molecule has 3 aliphatic rings. The molecule has 1 aromatic heterocycles. The van der Waals surface area contributed by atoms with Crippen LogP contribution in [-0.2, 0) is 20.8 Å². The SMILES string of the molecule is O=C([C@@H]1CC[C@H]2[C@H](CCN2Cc2ccncc2)O1)N1CCOCC1. The first-order valence-electron chi connectivity index (χ1n) is 8.96. The molecule has 0 aliphatic carbocycles. The lowest BCUT2D eigenvalue weighted by Crippen LogP contribution is -2.51. The predicted molar refractivity (Wildman–Crippen MR) is 88.3 cm³/mol. The Morgan fingerprint density at radius 1 is 1.12 bits per heavy atom. The smallest absolute Gasteiger partial charge is 0.251 e. The summed E-state index contributed by atoms with van der Waals surface area (Å²) in [6.07, 6.45) is 6.50. The Morgan fingerprint density at radius 2 is 1.92 bits per heavy atom. The maximum atomic E-state index is 12.6. The van der Waals surface area contributed by atoms with Crippen molar-refractivity contribution in [3.05, 3.63) is 30.1 Å². The summed E-state index contributed by atoms with van der Waals surface area (Å²) in [6, 6.07) is 4.58. The van der Waals surface area contributed by atoms with Gasteiger partial charge in [-0.1, -0.05) is 0 Å². The number of amides is 1. The summed E-state index contributed by atoms with van der Waals surface area (Å²) in [5.41, 5.74) is 1.29. The highest BCUT2D eigenvalue weighted by Crippen LogP contribution is 2.33. The molecule has 1 amide bonds. The third kappa shape index (κ3) is 3.31. The van der Waals surface area contributed by atoms with Gasteiger partial charge in [-0.15, -0.1) is 0 Å². The van der Waals surface area contributed by atoms with Gasteiger partial charge < -0.3 is 14.4 Å². The van der Waals surface area contributed by atoms with Gasteiger partial charge in [0.1, 0.15) is 6.10 Å². The number of carbonyl (C=O) groups excluding carboxylic acids is 1. The molecule has 24 heavy (non-hydrogen) atoms. The highest BCUT2D eigenvalue weighted by atomic mass is 16.5. The van der Waals surface area contributed by atoms with E-state index in [1.807, 2.05) is 17.3 Å². The average molecular weight is 331 g/mol. The molecule has 6 heteroatoms. The maximum Gasteiger partial charge on any atom is 0.251 e. The largest absolute Gasteiger partial charge is 0.378 e. The summed E-state index contributed by atoms with van der Waals surface area (Å²) in [7, 11) is 0. The molecule has 0 spiro atoms. The molecule has 130 valence electrons. The summed E-state index contributed by atoms with van der Waals surface area (Å²) in [5.74, 6) is 0.157. The van der Waals surface area contributed by atoms with Gasteiger partial charge in [-0.3, -0.25) is 14.7 Å². The van der Waals surface area contributed by atoms with Crippen LogP contribution in [0.15, 0.2) is 24.5 Å². The van der Waals surface area contributed by atoms with Gasteiger partial charge in [0.15, 0.2) is 0 Å². The Bertz CT molecular complexity index is 562. The van der Waals surface area contributed by atoms with Gasteiger partial charge in [-0.05, 0) is 37.0 Å². The van der Waals surface area contributed by atoms with Crippen molar-refractivity contribution in [3.63, 3.8) is 0 Å². The number of morpholine rings is 1. The third-order valence-electron chi connectivity index (χ3n) is 5.40. The maximum absolute atomic E-state index is 12.6. The standard InChI is InChI=1S/C18H25N3O3/c22-18(20-9-11-23-12-10-20)17-2-1-15-16(24-17)5-8-21(15)13-14-3-6-19-7-4-14/h3-4,6-7,15-17H,1-2,5,8-13H2/t15-,16-,17-/m0/s1. The molecular weight excluding hydrogens is 306 g/mol. The zero-order valence-electron chi connectivity index (χ0n) is 14.0. The van der Waals surface area contributed by atoms with Crippen molar-refractivity contribution in [2.75, 3.05) is 32.8 Å². The molecule has 0 bridgehead atoms. The number of nitrogens with zero attached hydrogens (tertiary/aromatic N) is 3. The molecule has 0 N–H and O–H groups in total. The fourth-order valence-electron chi connectivity index (χ4n) is 4.10. The van der Waals surface area contributed by atoms with Crippen LogP contribution in [0.1, 0.15) is 24.8 Å². The monoisotopic (exact) mass is 331 g/mol. The van der Waals surface area contributed by atoms with Gasteiger partial charge in [0.05, 0.1) is 19.3 Å². The summed E-state index contributed by atoms with van der Waals surface area (Å²) in [6.45, 7) is 4.65. The lowest BCUT2D eigenvalue weighted by molar-refractivity contribution is -0.158. The molecule has 0 aromatic carbocycles. The van der Waals surface area contributed by atoms with E-state index < -0.39 is 0 Å². The van der Waals surface area contributed by atoms with Crippen LogP contribution in [0.2, 0.25) is 0 Å². The molecule has 4 heterocycles. The van der Waals surface area contributed by atoms with Crippen molar-refractivity contribution in [2.45, 2.75) is 44.1 Å². The first-order chi connectivity index (χ1) is 11.8. The second-order valence-electron chi connectivity index (χ2n) is 6.86. The van der Waals surface area contributed by atoms with Crippen molar-refractivity contribution < 1.29 is 14.3 Å². The van der Waals surface area contributed by atoms with E-state index in [1.54, 1.807) is 0 Å². The lowest BCUT2D eigenvalue weighted by Gasteiger charge is -2.38. The number of ether oxygens (including phenoxy) is 2. The molecule has 3 atom stereocenters. The number of hydrogen-bond acceptors (Lipinski definition) is 5. The van der Waals surface area contributed by atoms with E-state index in [9.17, 15) is 4.79 Å². The first-order valence-corrected chi connectivity index (χ1v) is 8.96. The van der Waals surface area contributed by atoms with Gasteiger partial charge in [-0.2, -0.15) is 0 Å². The number of rotatable bonds is 3. The number of likely N-dealkylation sites (tertiary alicyclic amines) is 1. The van der Waals surface area contributed by atoms with Crippen LogP contribution in [0.5, 0.6) is 0 Å². The Balaban J connectivity index is 1.34. The van der Waals surface area contributed by atoms with Gasteiger partial charge in [0.2, 0.25) is 0 Å². The number of fused-ring (bicyclic) bond motifs is 1. The number of hydrogen-bond donors (Lipinski definition) is 0. The summed E-state index contributed by atoms with van der Waals surface area (Å²) >= 11 is 0. The number of pyridine rings is 1. The Labute approximate surface area is 142 Å². The molecule has 3 aliphatic heterocycles. The highest BCUT2D eigenvalue weighted by molar-refractivity contribution is 5.81. The van der Waals surface area contributed by atoms with Gasteiger partial charge in [-0.25, -0.2) is 0 Å². The van der Waals surface area contributed by atoms with Crippen molar-refractivity contribution >= 4 is 5.91 Å². The fourth-order valence-corrected chi connectivity index (χ4v) is 4.10. The number of aromatic nitrogens is 1. The van der Waals surface area contributed by atoms with Crippen LogP contribution < -0.4 is 0 Å². The third-order valence-corrected chi connectivity index (χ3v) is 5.40. The quantitative estimate of drug-likeness (QED) is 0.829. The summed E-state index contributed by atoms with van der Waals surface area (Å²) < 4.78 is 11.5. The van der Waals surface area contributed by atoms with E-state index in [0.717, 1.165) is 32.4 Å². The molecule has 0 radical (unpaired) electrons. The van der Waals surface area contributed by atoms with Crippen LogP contribution >= 0.6 is 0 Å². The first kappa shape index (κ1) is 16.0. The molecule has 3 fully saturated rings. The minimum absolute atomic E-state index is 0.157. The zero-order chi connectivity index (χ0) is 16.4. The van der Waals surface area contributed by atoms with E-state index >= 15 is 0 Å². The van der Waals surface area contributed by atoms with E-state index in [4.69, 9.17) is 9.47 Å². The summed E-state index contributed by atoms with van der Waals surface area (Å²) in [5, 5.41) is 0. The van der Waals surface area contributed by atoms with Crippen molar-refractivity contribution in [1.82, 2.24) is 14.8 Å². The normalized spacial score (nSPS) is 31.0. The minimum Gasteiger partial charge on any atom is -0.378 e. The highest BCUT2D eigenvalue weighted by Gasteiger charge is 2.42. The van der Waals surface area contributed by atoms with E-state index in [0.29, 0.717) is 32.3 Å². The van der Waals surface area contributed by atoms with Crippen LogP contribution in [0, 0.1) is 0 Å². The second kappa shape index (κ2) is 7.17. The topological polar surface area (TPSA) is 54.9 Å². The average Bonchev–Trinajstić information content (AvgIpc) is 3.05. The Hall–Kier alpha value is -1.50. The van der Waals surface area contributed by atoms with E-state index in [-0.39, 0.29) is 18.1 Å². The van der Waals surface area contributed by atoms with Gasteiger partial charge in [0.25, 0.3) is 5.91 Å².